The van der Waals surface area contributed by atoms with E-state index in [1.54, 1.807) is 0 Å². The summed E-state index contributed by atoms with van der Waals surface area (Å²) < 4.78 is 5.26. The summed E-state index contributed by atoms with van der Waals surface area (Å²) in [4.78, 5) is 22.5. The van der Waals surface area contributed by atoms with Gasteiger partial charge in [-0.15, -0.1) is 0 Å². The van der Waals surface area contributed by atoms with Gasteiger partial charge in [0.05, 0.1) is 11.5 Å². The van der Waals surface area contributed by atoms with Gasteiger partial charge in [0, 0.05) is 0 Å². The van der Waals surface area contributed by atoms with Crippen LogP contribution in [0.5, 0.6) is 5.75 Å². The van der Waals surface area contributed by atoms with Gasteiger partial charge >= 0.3 is 11.9 Å². The molecule has 0 atom stereocenters. The number of carbonyl (C=O) groups is 2. The van der Waals surface area contributed by atoms with E-state index in [1.807, 2.05) is 0 Å². The number of ether oxygens (including phenoxy) is 1. The zero-order valence-corrected chi connectivity index (χ0v) is 10.1. The van der Waals surface area contributed by atoms with Crippen molar-refractivity contribution < 1.29 is 19.4 Å². The Bertz CT molecular complexity index is 430. The molecule has 4 nitrogen and oxygen atoms in total. The Kier molecular flexibility index (Phi) is 3.97. The van der Waals surface area contributed by atoms with Crippen LogP contribution in [-0.4, -0.2) is 17.0 Å². The molecule has 1 fully saturated rings. The highest BCUT2D eigenvalue weighted by Gasteiger charge is 2.22. The zero-order valence-electron chi connectivity index (χ0n) is 10.1. The van der Waals surface area contributed by atoms with Crippen molar-refractivity contribution in [1.82, 2.24) is 0 Å². The first kappa shape index (κ1) is 12.6. The molecule has 0 aromatic heterocycles. The normalized spacial score (nSPS) is 16.2. The lowest BCUT2D eigenvalue weighted by molar-refractivity contribution is -0.139. The van der Waals surface area contributed by atoms with E-state index in [4.69, 9.17) is 9.84 Å². The molecule has 1 saturated carbocycles. The van der Waals surface area contributed by atoms with E-state index in [9.17, 15) is 9.59 Å². The molecule has 1 N–H and O–H groups in total. The molecule has 0 unspecified atom stereocenters. The Hall–Kier alpha value is -1.84. The van der Waals surface area contributed by atoms with Crippen LogP contribution in [0, 0.1) is 5.92 Å². The molecule has 0 aliphatic heterocycles. The molecular weight excluding hydrogens is 232 g/mol. The zero-order chi connectivity index (χ0) is 13.0. The van der Waals surface area contributed by atoms with E-state index in [2.05, 4.69) is 0 Å². The van der Waals surface area contributed by atoms with Crippen molar-refractivity contribution in [2.75, 3.05) is 0 Å². The van der Waals surface area contributed by atoms with E-state index in [-0.39, 0.29) is 17.5 Å². The third-order valence-electron chi connectivity index (χ3n) is 3.26. The Morgan fingerprint density at radius 1 is 1.06 bits per heavy atom. The molecule has 0 radical (unpaired) electrons. The van der Waals surface area contributed by atoms with Gasteiger partial charge in [-0.1, -0.05) is 19.3 Å². The molecule has 1 aliphatic rings. The third kappa shape index (κ3) is 3.09. The summed E-state index contributed by atoms with van der Waals surface area (Å²) in [6.45, 7) is 0. The minimum Gasteiger partial charge on any atom is -0.478 e. The quantitative estimate of drug-likeness (QED) is 0.660. The number of aromatic carboxylic acids is 1. The summed E-state index contributed by atoms with van der Waals surface area (Å²) in [6.07, 6.45) is 5.14. The maximum atomic E-state index is 11.8. The standard InChI is InChI=1S/C14H16O4/c15-13(16)10-6-8-12(9-7-10)18-14(17)11-4-2-1-3-5-11/h6-9,11H,1-5H2,(H,15,16). The first-order valence-electron chi connectivity index (χ1n) is 6.22. The number of benzene rings is 1. The smallest absolute Gasteiger partial charge is 0.335 e. The highest BCUT2D eigenvalue weighted by molar-refractivity contribution is 5.87. The summed E-state index contributed by atoms with van der Waals surface area (Å²) in [5, 5.41) is 8.75. The minimum atomic E-state index is -0.986. The summed E-state index contributed by atoms with van der Waals surface area (Å²) >= 11 is 0. The molecule has 1 aromatic rings. The molecule has 0 spiro atoms. The second-order valence-electron chi connectivity index (χ2n) is 4.59. The first-order valence-corrected chi connectivity index (χ1v) is 6.22. The number of rotatable bonds is 3. The molecule has 1 aromatic carbocycles. The SMILES string of the molecule is O=C(O)c1ccc(OC(=O)C2CCCCC2)cc1. The second-order valence-corrected chi connectivity index (χ2v) is 4.59. The van der Waals surface area contributed by atoms with Crippen molar-refractivity contribution in [3.63, 3.8) is 0 Å². The van der Waals surface area contributed by atoms with Gasteiger partial charge in [0.25, 0.3) is 0 Å². The molecule has 0 heterocycles. The van der Waals surface area contributed by atoms with Crippen LogP contribution in [0.1, 0.15) is 42.5 Å². The summed E-state index contributed by atoms with van der Waals surface area (Å²) in [6, 6.07) is 5.91. The number of carboxylic acids is 1. The molecular formula is C14H16O4. The van der Waals surface area contributed by atoms with Crippen LogP contribution in [0.4, 0.5) is 0 Å². The van der Waals surface area contributed by atoms with Crippen molar-refractivity contribution >= 4 is 11.9 Å². The Labute approximate surface area is 106 Å². The van der Waals surface area contributed by atoms with E-state index in [1.165, 1.54) is 30.7 Å². The molecule has 0 amide bonds. The maximum Gasteiger partial charge on any atom is 0.335 e. The van der Waals surface area contributed by atoms with E-state index < -0.39 is 5.97 Å². The van der Waals surface area contributed by atoms with Crippen LogP contribution in [0.2, 0.25) is 0 Å². The topological polar surface area (TPSA) is 63.6 Å². The number of hydrogen-bond donors (Lipinski definition) is 1. The van der Waals surface area contributed by atoms with Crippen molar-refractivity contribution in [1.29, 1.82) is 0 Å². The molecule has 2 rings (SSSR count). The van der Waals surface area contributed by atoms with Crippen LogP contribution in [-0.2, 0) is 4.79 Å². The Morgan fingerprint density at radius 3 is 2.22 bits per heavy atom. The minimum absolute atomic E-state index is 0.00194. The van der Waals surface area contributed by atoms with Crippen molar-refractivity contribution in [2.45, 2.75) is 32.1 Å². The second kappa shape index (κ2) is 5.67. The average Bonchev–Trinajstić information content (AvgIpc) is 2.40. The first-order chi connectivity index (χ1) is 8.66. The van der Waals surface area contributed by atoms with E-state index >= 15 is 0 Å². The molecule has 4 heteroatoms. The van der Waals surface area contributed by atoms with Crippen LogP contribution >= 0.6 is 0 Å². The number of carbonyl (C=O) groups excluding carboxylic acids is 1. The highest BCUT2D eigenvalue weighted by atomic mass is 16.5. The van der Waals surface area contributed by atoms with Gasteiger partial charge in [-0.25, -0.2) is 4.79 Å². The van der Waals surface area contributed by atoms with Crippen LogP contribution in [0.25, 0.3) is 0 Å². The Morgan fingerprint density at radius 2 is 1.67 bits per heavy atom. The van der Waals surface area contributed by atoms with Crippen LogP contribution in [0.3, 0.4) is 0 Å². The van der Waals surface area contributed by atoms with Crippen molar-refractivity contribution in [2.24, 2.45) is 5.92 Å². The third-order valence-corrected chi connectivity index (χ3v) is 3.26. The molecule has 0 saturated heterocycles. The van der Waals surface area contributed by atoms with Gasteiger partial charge in [0.15, 0.2) is 0 Å². The fraction of sp³-hybridized carbons (Fsp3) is 0.429. The monoisotopic (exact) mass is 248 g/mol. The molecule has 1 aliphatic carbocycles. The Balaban J connectivity index is 1.96. The number of esters is 1. The number of hydrogen-bond acceptors (Lipinski definition) is 3. The van der Waals surface area contributed by atoms with Gasteiger partial charge < -0.3 is 9.84 Å². The predicted molar refractivity (Wildman–Crippen MR) is 65.6 cm³/mol. The fourth-order valence-electron chi connectivity index (χ4n) is 2.20. The molecule has 18 heavy (non-hydrogen) atoms. The largest absolute Gasteiger partial charge is 0.478 e. The summed E-state index contributed by atoms with van der Waals surface area (Å²) in [5.74, 6) is -0.772. The van der Waals surface area contributed by atoms with Crippen LogP contribution in [0.15, 0.2) is 24.3 Å². The maximum absolute atomic E-state index is 11.8. The van der Waals surface area contributed by atoms with Crippen LogP contribution < -0.4 is 4.74 Å². The predicted octanol–water partition coefficient (Wildman–Crippen LogP) is 2.87. The summed E-state index contributed by atoms with van der Waals surface area (Å²) in [5.41, 5.74) is 0.187. The van der Waals surface area contributed by atoms with E-state index in [0.717, 1.165) is 25.7 Å². The molecule has 0 bridgehead atoms. The van der Waals surface area contributed by atoms with Gasteiger partial charge in [-0.3, -0.25) is 4.79 Å². The summed E-state index contributed by atoms with van der Waals surface area (Å²) in [7, 11) is 0. The molecule has 96 valence electrons. The number of carboxylic acid groups (broad SMARTS) is 1. The highest BCUT2D eigenvalue weighted by Crippen LogP contribution is 2.25. The van der Waals surface area contributed by atoms with Gasteiger partial charge in [0.2, 0.25) is 0 Å². The van der Waals surface area contributed by atoms with Gasteiger partial charge in [-0.05, 0) is 37.1 Å². The van der Waals surface area contributed by atoms with E-state index in [0.29, 0.717) is 5.75 Å². The fourth-order valence-corrected chi connectivity index (χ4v) is 2.20. The lowest BCUT2D eigenvalue weighted by Crippen LogP contribution is -2.22. The van der Waals surface area contributed by atoms with Crippen molar-refractivity contribution in [3.05, 3.63) is 29.8 Å². The lowest BCUT2D eigenvalue weighted by atomic mass is 9.89. The average molecular weight is 248 g/mol. The van der Waals surface area contributed by atoms with Gasteiger partial charge in [0.1, 0.15) is 5.75 Å². The van der Waals surface area contributed by atoms with Gasteiger partial charge in [-0.2, -0.15) is 0 Å². The van der Waals surface area contributed by atoms with Crippen molar-refractivity contribution in [3.8, 4) is 5.75 Å². The lowest BCUT2D eigenvalue weighted by Gasteiger charge is -2.19.